The fraction of sp³-hybridized carbons (Fsp3) is 0.600. The smallest absolute Gasteiger partial charge is 0.224 e. The second-order valence-electron chi connectivity index (χ2n) is 10.1. The van der Waals surface area contributed by atoms with Gasteiger partial charge < -0.3 is 31.1 Å². The minimum Gasteiger partial charge on any atom is -0.396 e. The summed E-state index contributed by atoms with van der Waals surface area (Å²) in [5.41, 5.74) is 2.48. The van der Waals surface area contributed by atoms with E-state index < -0.39 is 29.8 Å². The molecule has 11 heteroatoms. The summed E-state index contributed by atoms with van der Waals surface area (Å²) >= 11 is 1.52. The number of aliphatic hydroxyl groups excluding tert-OH is 3. The Hall–Kier alpha value is -2.44. The summed E-state index contributed by atoms with van der Waals surface area (Å²) in [6.45, 7) is 4.15. The van der Waals surface area contributed by atoms with E-state index in [1.165, 1.54) is 11.3 Å². The van der Waals surface area contributed by atoms with E-state index in [1.54, 1.807) is 6.20 Å². The van der Waals surface area contributed by atoms with Gasteiger partial charge in [0.25, 0.3) is 0 Å². The molecule has 0 bridgehead atoms. The summed E-state index contributed by atoms with van der Waals surface area (Å²) in [4.78, 5) is 18.6. The molecule has 2 fully saturated rings. The van der Waals surface area contributed by atoms with Gasteiger partial charge in [0.1, 0.15) is 22.4 Å². The highest BCUT2D eigenvalue weighted by molar-refractivity contribution is 7.21. The third-order valence-electron chi connectivity index (χ3n) is 7.56. The third-order valence-corrected chi connectivity index (χ3v) is 8.60. The van der Waals surface area contributed by atoms with Gasteiger partial charge in [-0.25, -0.2) is 9.97 Å². The van der Waals surface area contributed by atoms with Crippen LogP contribution in [-0.4, -0.2) is 77.4 Å². The molecule has 0 aliphatic heterocycles. The Morgan fingerprint density at radius 1 is 1.08 bits per heavy atom. The van der Waals surface area contributed by atoms with Crippen molar-refractivity contribution in [2.45, 2.75) is 76.2 Å². The predicted molar refractivity (Wildman–Crippen MR) is 139 cm³/mol. The SMILES string of the molecule is Cc1nc(NCCC2(O)CCCC2)nc(NC2CC(CO)C(O)C2O)c1-c1nc2c(C)nccc2s1. The van der Waals surface area contributed by atoms with Crippen LogP contribution in [0.1, 0.15) is 49.9 Å². The second kappa shape index (κ2) is 10.1. The van der Waals surface area contributed by atoms with Crippen molar-refractivity contribution in [3.8, 4) is 10.6 Å². The number of aliphatic hydroxyl groups is 4. The predicted octanol–water partition coefficient (Wildman–Crippen LogP) is 2.39. The lowest BCUT2D eigenvalue weighted by Crippen LogP contribution is -2.35. The van der Waals surface area contributed by atoms with E-state index in [1.807, 2.05) is 19.9 Å². The lowest BCUT2D eigenvalue weighted by Gasteiger charge is -2.23. The van der Waals surface area contributed by atoms with E-state index in [9.17, 15) is 20.4 Å². The molecule has 6 N–H and O–H groups in total. The maximum absolute atomic E-state index is 10.7. The first-order valence-corrected chi connectivity index (χ1v) is 13.4. The summed E-state index contributed by atoms with van der Waals surface area (Å²) < 4.78 is 1.01. The molecule has 0 saturated heterocycles. The van der Waals surface area contributed by atoms with E-state index in [-0.39, 0.29) is 6.61 Å². The molecular formula is C25H34N6O4S. The molecule has 5 rings (SSSR count). The molecule has 0 amide bonds. The van der Waals surface area contributed by atoms with Crippen molar-refractivity contribution < 1.29 is 20.4 Å². The van der Waals surface area contributed by atoms with Gasteiger partial charge in [0, 0.05) is 25.3 Å². The highest BCUT2D eigenvalue weighted by Crippen LogP contribution is 2.38. The maximum Gasteiger partial charge on any atom is 0.224 e. The van der Waals surface area contributed by atoms with Gasteiger partial charge in [0.15, 0.2) is 0 Å². The number of fused-ring (bicyclic) bond motifs is 1. The summed E-state index contributed by atoms with van der Waals surface area (Å²) in [5, 5.41) is 48.6. The summed E-state index contributed by atoms with van der Waals surface area (Å²) in [6.07, 6.45) is 4.47. The Kier molecular flexibility index (Phi) is 7.10. The summed E-state index contributed by atoms with van der Waals surface area (Å²) in [7, 11) is 0. The fourth-order valence-electron chi connectivity index (χ4n) is 5.42. The van der Waals surface area contributed by atoms with Crippen molar-refractivity contribution in [2.75, 3.05) is 23.8 Å². The third kappa shape index (κ3) is 4.90. The second-order valence-corrected chi connectivity index (χ2v) is 11.2. The molecule has 10 nitrogen and oxygen atoms in total. The molecule has 2 aliphatic rings. The molecule has 194 valence electrons. The van der Waals surface area contributed by atoms with E-state index in [0.29, 0.717) is 36.8 Å². The fourth-order valence-corrected chi connectivity index (χ4v) is 6.53. The Balaban J connectivity index is 1.47. The highest BCUT2D eigenvalue weighted by atomic mass is 32.1. The van der Waals surface area contributed by atoms with Crippen LogP contribution in [0.25, 0.3) is 20.8 Å². The minimum atomic E-state index is -1.04. The molecule has 3 aromatic rings. The zero-order valence-electron chi connectivity index (χ0n) is 20.6. The van der Waals surface area contributed by atoms with Crippen LogP contribution in [0.2, 0.25) is 0 Å². The zero-order valence-corrected chi connectivity index (χ0v) is 21.4. The van der Waals surface area contributed by atoms with Crippen molar-refractivity contribution in [1.82, 2.24) is 19.9 Å². The average Bonchev–Trinajstić information content (AvgIpc) is 3.54. The van der Waals surface area contributed by atoms with Crippen LogP contribution in [0.3, 0.4) is 0 Å². The molecule has 2 aliphatic carbocycles. The normalized spacial score (nSPS) is 25.5. The molecule has 3 heterocycles. The van der Waals surface area contributed by atoms with Gasteiger partial charge in [-0.15, -0.1) is 11.3 Å². The first-order valence-electron chi connectivity index (χ1n) is 12.6. The standard InChI is InChI=1S/C25H34N6O4S/c1-13-18(23-30-19-14(2)26-9-5-17(19)36-23)22(29-16-11-15(12-32)20(33)21(16)34)31-24(28-13)27-10-8-25(35)6-3-4-7-25/h5,9,15-16,20-21,32-35H,3-4,6-8,10-12H2,1-2H3,(H2,27,28,29,31). The molecule has 36 heavy (non-hydrogen) atoms. The Morgan fingerprint density at radius 2 is 1.86 bits per heavy atom. The van der Waals surface area contributed by atoms with Crippen LogP contribution in [0.5, 0.6) is 0 Å². The monoisotopic (exact) mass is 514 g/mol. The largest absolute Gasteiger partial charge is 0.396 e. The Labute approximate surface area is 213 Å². The number of anilines is 2. The van der Waals surface area contributed by atoms with Crippen LogP contribution in [0.15, 0.2) is 12.3 Å². The van der Waals surface area contributed by atoms with E-state index >= 15 is 0 Å². The average molecular weight is 515 g/mol. The first-order chi connectivity index (χ1) is 17.3. The van der Waals surface area contributed by atoms with Gasteiger partial charge >= 0.3 is 0 Å². The van der Waals surface area contributed by atoms with Gasteiger partial charge in [0.05, 0.1) is 39.4 Å². The number of aryl methyl sites for hydroxylation is 2. The van der Waals surface area contributed by atoms with Crippen LogP contribution in [0, 0.1) is 19.8 Å². The molecule has 4 atom stereocenters. The Morgan fingerprint density at radius 3 is 2.56 bits per heavy atom. The number of hydrogen-bond donors (Lipinski definition) is 6. The van der Waals surface area contributed by atoms with Crippen LogP contribution >= 0.6 is 11.3 Å². The number of thiazole rings is 1. The highest BCUT2D eigenvalue weighted by Gasteiger charge is 2.41. The summed E-state index contributed by atoms with van der Waals surface area (Å²) in [6, 6.07) is 1.44. The van der Waals surface area contributed by atoms with Gasteiger partial charge in [-0.1, -0.05) is 12.8 Å². The van der Waals surface area contributed by atoms with Crippen molar-refractivity contribution in [3.63, 3.8) is 0 Å². The maximum atomic E-state index is 10.7. The number of aromatic nitrogens is 4. The summed E-state index contributed by atoms with van der Waals surface area (Å²) in [5.74, 6) is 0.514. The first kappa shape index (κ1) is 25.2. The van der Waals surface area contributed by atoms with Crippen molar-refractivity contribution in [3.05, 3.63) is 23.7 Å². The number of nitrogens with one attached hydrogen (secondary N) is 2. The van der Waals surface area contributed by atoms with Crippen molar-refractivity contribution in [2.24, 2.45) is 5.92 Å². The number of pyridine rings is 1. The number of rotatable bonds is 8. The number of hydrogen-bond acceptors (Lipinski definition) is 11. The van der Waals surface area contributed by atoms with Crippen LogP contribution in [-0.2, 0) is 0 Å². The van der Waals surface area contributed by atoms with E-state index in [2.05, 4.69) is 20.6 Å². The van der Waals surface area contributed by atoms with Gasteiger partial charge in [-0.2, -0.15) is 4.98 Å². The van der Waals surface area contributed by atoms with Gasteiger partial charge in [-0.3, -0.25) is 4.98 Å². The van der Waals surface area contributed by atoms with Crippen molar-refractivity contribution >= 4 is 33.3 Å². The van der Waals surface area contributed by atoms with E-state index in [4.69, 9.17) is 9.97 Å². The zero-order chi connectivity index (χ0) is 25.4. The molecule has 3 aromatic heterocycles. The lowest BCUT2D eigenvalue weighted by molar-refractivity contribution is 0.00446. The quantitative estimate of drug-likeness (QED) is 0.264. The molecular weight excluding hydrogens is 480 g/mol. The Bertz CT molecular complexity index is 1230. The minimum absolute atomic E-state index is 0.202. The van der Waals surface area contributed by atoms with Crippen LogP contribution < -0.4 is 10.6 Å². The molecule has 2 saturated carbocycles. The molecule has 0 spiro atoms. The van der Waals surface area contributed by atoms with E-state index in [0.717, 1.165) is 52.2 Å². The topological polar surface area (TPSA) is 157 Å². The van der Waals surface area contributed by atoms with Crippen LogP contribution in [0.4, 0.5) is 11.8 Å². The van der Waals surface area contributed by atoms with Gasteiger partial charge in [-0.05, 0) is 45.6 Å². The molecule has 0 radical (unpaired) electrons. The van der Waals surface area contributed by atoms with Gasteiger partial charge in [0.2, 0.25) is 5.95 Å². The van der Waals surface area contributed by atoms with Crippen molar-refractivity contribution in [1.29, 1.82) is 0 Å². The molecule has 0 aromatic carbocycles. The lowest BCUT2D eigenvalue weighted by atomic mass is 9.98. The number of nitrogens with zero attached hydrogens (tertiary/aromatic N) is 4. The molecule has 4 unspecified atom stereocenters.